The summed E-state index contributed by atoms with van der Waals surface area (Å²) in [6.07, 6.45) is -0.630. The van der Waals surface area contributed by atoms with Gasteiger partial charge in [0.1, 0.15) is 6.61 Å². The first kappa shape index (κ1) is 18.0. The quantitative estimate of drug-likeness (QED) is 0.751. The molecule has 0 bridgehead atoms. The van der Waals surface area contributed by atoms with Gasteiger partial charge in [-0.3, -0.25) is 5.32 Å². The zero-order valence-electron chi connectivity index (χ0n) is 13.5. The largest absolute Gasteiger partial charge is 0.462 e. The van der Waals surface area contributed by atoms with Crippen LogP contribution in [0.4, 0.5) is 10.5 Å². The number of anilines is 1. The van der Waals surface area contributed by atoms with Crippen LogP contribution in [0.3, 0.4) is 0 Å². The zero-order chi connectivity index (χ0) is 17.5. The average Bonchev–Trinajstić information content (AvgIpc) is 2.56. The number of rotatable bonds is 5. The van der Waals surface area contributed by atoms with Crippen LogP contribution in [0.2, 0.25) is 0 Å². The molecule has 0 aliphatic heterocycles. The first-order chi connectivity index (χ1) is 11.5. The Kier molecular flexibility index (Phi) is 6.37. The molecule has 0 radical (unpaired) electrons. The minimum atomic E-state index is -0.630. The van der Waals surface area contributed by atoms with Crippen LogP contribution < -0.4 is 5.32 Å². The van der Waals surface area contributed by atoms with Crippen LogP contribution in [0, 0.1) is 6.92 Å². The number of amides is 1. The summed E-state index contributed by atoms with van der Waals surface area (Å²) in [5.41, 5.74) is 2.27. The predicted molar refractivity (Wildman–Crippen MR) is 95.1 cm³/mol. The minimum absolute atomic E-state index is 0.150. The van der Waals surface area contributed by atoms with Crippen molar-refractivity contribution in [3.63, 3.8) is 0 Å². The van der Waals surface area contributed by atoms with E-state index in [-0.39, 0.29) is 18.8 Å². The van der Waals surface area contributed by atoms with Gasteiger partial charge in [0, 0.05) is 4.47 Å². The van der Waals surface area contributed by atoms with E-state index in [0.717, 1.165) is 15.6 Å². The van der Waals surface area contributed by atoms with E-state index in [4.69, 9.17) is 9.47 Å². The Bertz CT molecular complexity index is 731. The molecule has 0 aliphatic rings. The van der Waals surface area contributed by atoms with Crippen LogP contribution in [-0.2, 0) is 16.1 Å². The number of halogens is 1. The number of esters is 1. The molecule has 0 heterocycles. The molecule has 0 aromatic heterocycles. The Balaban J connectivity index is 2.13. The maximum Gasteiger partial charge on any atom is 0.411 e. The van der Waals surface area contributed by atoms with E-state index < -0.39 is 12.1 Å². The molecular formula is C18H18BrNO4. The molecule has 1 N–H and O–H groups in total. The fourth-order valence-electron chi connectivity index (χ4n) is 2.14. The number of nitrogens with one attached hydrogen (secondary N) is 1. The van der Waals surface area contributed by atoms with Crippen LogP contribution in [-0.4, -0.2) is 18.7 Å². The smallest absolute Gasteiger partial charge is 0.411 e. The van der Waals surface area contributed by atoms with Crippen LogP contribution in [0.15, 0.2) is 46.9 Å². The third-order valence-electron chi connectivity index (χ3n) is 3.24. The monoisotopic (exact) mass is 391 g/mol. The second kappa shape index (κ2) is 8.49. The minimum Gasteiger partial charge on any atom is -0.462 e. The zero-order valence-corrected chi connectivity index (χ0v) is 15.1. The SMILES string of the molecule is CCOC(=O)c1cc(Br)cc(C)c1NC(=O)OCc1ccccc1. The molecule has 24 heavy (non-hydrogen) atoms. The van der Waals surface area contributed by atoms with Crippen molar-refractivity contribution < 1.29 is 19.1 Å². The summed E-state index contributed by atoms with van der Waals surface area (Å²) < 4.78 is 11.0. The molecule has 0 aliphatic carbocycles. The third-order valence-corrected chi connectivity index (χ3v) is 3.69. The van der Waals surface area contributed by atoms with Crippen molar-refractivity contribution in [2.75, 3.05) is 11.9 Å². The van der Waals surface area contributed by atoms with Gasteiger partial charge in [-0.05, 0) is 37.1 Å². The van der Waals surface area contributed by atoms with Gasteiger partial charge in [-0.2, -0.15) is 0 Å². The lowest BCUT2D eigenvalue weighted by atomic mass is 10.1. The Morgan fingerprint density at radius 2 is 1.83 bits per heavy atom. The first-order valence-electron chi connectivity index (χ1n) is 7.46. The van der Waals surface area contributed by atoms with Gasteiger partial charge in [-0.1, -0.05) is 46.3 Å². The molecule has 2 aromatic rings. The van der Waals surface area contributed by atoms with Gasteiger partial charge in [-0.25, -0.2) is 9.59 Å². The molecule has 0 saturated heterocycles. The molecule has 2 aromatic carbocycles. The summed E-state index contributed by atoms with van der Waals surface area (Å²) in [6, 6.07) is 12.8. The van der Waals surface area contributed by atoms with Crippen molar-refractivity contribution in [2.24, 2.45) is 0 Å². The van der Waals surface area contributed by atoms with Crippen LogP contribution >= 0.6 is 15.9 Å². The van der Waals surface area contributed by atoms with Crippen molar-refractivity contribution in [3.8, 4) is 0 Å². The van der Waals surface area contributed by atoms with Crippen molar-refractivity contribution in [3.05, 3.63) is 63.6 Å². The van der Waals surface area contributed by atoms with Crippen LogP contribution in [0.1, 0.15) is 28.4 Å². The molecule has 5 nitrogen and oxygen atoms in total. The number of hydrogen-bond donors (Lipinski definition) is 1. The first-order valence-corrected chi connectivity index (χ1v) is 8.25. The summed E-state index contributed by atoms with van der Waals surface area (Å²) in [4.78, 5) is 24.2. The second-order valence-corrected chi connectivity index (χ2v) is 5.97. The lowest BCUT2D eigenvalue weighted by Crippen LogP contribution is -2.18. The van der Waals surface area contributed by atoms with E-state index in [0.29, 0.717) is 5.69 Å². The van der Waals surface area contributed by atoms with Gasteiger partial charge in [0.2, 0.25) is 0 Å². The van der Waals surface area contributed by atoms with E-state index in [2.05, 4.69) is 21.2 Å². The fraction of sp³-hybridized carbons (Fsp3) is 0.222. The Morgan fingerprint density at radius 3 is 2.50 bits per heavy atom. The number of hydrogen-bond acceptors (Lipinski definition) is 4. The molecule has 0 spiro atoms. The molecule has 6 heteroatoms. The van der Waals surface area contributed by atoms with E-state index >= 15 is 0 Å². The van der Waals surface area contributed by atoms with Crippen molar-refractivity contribution >= 4 is 33.7 Å². The summed E-state index contributed by atoms with van der Waals surface area (Å²) >= 11 is 3.34. The highest BCUT2D eigenvalue weighted by Gasteiger charge is 2.18. The Morgan fingerprint density at radius 1 is 1.12 bits per heavy atom. The highest BCUT2D eigenvalue weighted by atomic mass is 79.9. The number of carbonyl (C=O) groups is 2. The molecule has 0 unspecified atom stereocenters. The lowest BCUT2D eigenvalue weighted by molar-refractivity contribution is 0.0527. The molecule has 2 rings (SSSR count). The third kappa shape index (κ3) is 4.83. The summed E-state index contributed by atoms with van der Waals surface area (Å²) in [7, 11) is 0. The average molecular weight is 392 g/mol. The molecular weight excluding hydrogens is 374 g/mol. The van der Waals surface area contributed by atoms with Crippen molar-refractivity contribution in [2.45, 2.75) is 20.5 Å². The highest BCUT2D eigenvalue weighted by molar-refractivity contribution is 9.10. The number of carbonyl (C=O) groups excluding carboxylic acids is 2. The summed E-state index contributed by atoms with van der Waals surface area (Å²) in [5, 5.41) is 2.63. The summed E-state index contributed by atoms with van der Waals surface area (Å²) in [5.74, 6) is -0.500. The van der Waals surface area contributed by atoms with E-state index in [1.165, 1.54) is 0 Å². The van der Waals surface area contributed by atoms with E-state index in [9.17, 15) is 9.59 Å². The second-order valence-electron chi connectivity index (χ2n) is 5.05. The number of aryl methyl sites for hydroxylation is 1. The summed E-state index contributed by atoms with van der Waals surface area (Å²) in [6.45, 7) is 3.92. The van der Waals surface area contributed by atoms with Gasteiger partial charge < -0.3 is 9.47 Å². The number of ether oxygens (including phenoxy) is 2. The maximum atomic E-state index is 12.1. The molecule has 1 amide bonds. The predicted octanol–water partition coefficient (Wildman–Crippen LogP) is 4.68. The van der Waals surface area contributed by atoms with Gasteiger partial charge in [0.05, 0.1) is 17.9 Å². The van der Waals surface area contributed by atoms with Crippen molar-refractivity contribution in [1.29, 1.82) is 0 Å². The topological polar surface area (TPSA) is 64.6 Å². The lowest BCUT2D eigenvalue weighted by Gasteiger charge is -2.14. The van der Waals surface area contributed by atoms with Crippen LogP contribution in [0.5, 0.6) is 0 Å². The highest BCUT2D eigenvalue weighted by Crippen LogP contribution is 2.27. The van der Waals surface area contributed by atoms with E-state index in [1.807, 2.05) is 30.3 Å². The fourth-order valence-corrected chi connectivity index (χ4v) is 2.71. The number of benzene rings is 2. The maximum absolute atomic E-state index is 12.1. The normalized spacial score (nSPS) is 10.1. The van der Waals surface area contributed by atoms with Gasteiger partial charge in [0.15, 0.2) is 0 Å². The Hall–Kier alpha value is -2.34. The van der Waals surface area contributed by atoms with Gasteiger partial charge in [-0.15, -0.1) is 0 Å². The Labute approximate surface area is 149 Å². The van der Waals surface area contributed by atoms with Gasteiger partial charge >= 0.3 is 12.1 Å². The molecule has 0 fully saturated rings. The molecule has 0 saturated carbocycles. The van der Waals surface area contributed by atoms with Crippen LogP contribution in [0.25, 0.3) is 0 Å². The molecule has 126 valence electrons. The van der Waals surface area contributed by atoms with E-state index in [1.54, 1.807) is 26.0 Å². The van der Waals surface area contributed by atoms with Gasteiger partial charge in [0.25, 0.3) is 0 Å². The standard InChI is InChI=1S/C18H18BrNO4/c1-3-23-17(21)15-10-14(19)9-12(2)16(15)20-18(22)24-11-13-7-5-4-6-8-13/h4-10H,3,11H2,1-2H3,(H,20,22). The van der Waals surface area contributed by atoms with Crippen molar-refractivity contribution in [1.82, 2.24) is 0 Å². The molecule has 0 atom stereocenters.